The van der Waals surface area contributed by atoms with Crippen molar-refractivity contribution in [3.8, 4) is 5.75 Å². The van der Waals surface area contributed by atoms with E-state index in [0.717, 1.165) is 24.5 Å². The molecule has 1 aromatic carbocycles. The van der Waals surface area contributed by atoms with Crippen molar-refractivity contribution in [2.75, 3.05) is 25.1 Å². The van der Waals surface area contributed by atoms with Gasteiger partial charge in [0.25, 0.3) is 0 Å². The molecule has 1 N–H and O–H groups in total. The van der Waals surface area contributed by atoms with E-state index in [1.807, 2.05) is 12.1 Å². The van der Waals surface area contributed by atoms with Gasteiger partial charge < -0.3 is 15.0 Å². The van der Waals surface area contributed by atoms with Crippen LogP contribution in [0, 0.1) is 5.82 Å². The van der Waals surface area contributed by atoms with Crippen molar-refractivity contribution in [3.05, 3.63) is 53.5 Å². The molecule has 2 heterocycles. The van der Waals surface area contributed by atoms with Gasteiger partial charge in [0.15, 0.2) is 11.6 Å². The molecule has 1 saturated heterocycles. The largest absolute Gasteiger partial charge is 0.494 e. The van der Waals surface area contributed by atoms with E-state index in [-0.39, 0.29) is 18.1 Å². The minimum absolute atomic E-state index is 0.125. The first kappa shape index (κ1) is 18.2. The van der Waals surface area contributed by atoms with Crippen molar-refractivity contribution in [3.63, 3.8) is 0 Å². The Labute approximate surface area is 153 Å². The summed E-state index contributed by atoms with van der Waals surface area (Å²) in [4.78, 5) is 18.9. The van der Waals surface area contributed by atoms with Crippen molar-refractivity contribution < 1.29 is 13.9 Å². The predicted molar refractivity (Wildman–Crippen MR) is 98.8 cm³/mol. The van der Waals surface area contributed by atoms with Crippen molar-refractivity contribution in [2.45, 2.75) is 32.2 Å². The Morgan fingerprint density at radius 1 is 1.19 bits per heavy atom. The van der Waals surface area contributed by atoms with Gasteiger partial charge in [-0.05, 0) is 48.6 Å². The number of pyridine rings is 1. The number of amides is 1. The third kappa shape index (κ3) is 4.71. The molecule has 3 rings (SSSR count). The number of rotatable bonds is 6. The second-order valence-electron chi connectivity index (χ2n) is 6.49. The average Bonchev–Trinajstić information content (AvgIpc) is 2.68. The normalized spacial score (nSPS) is 14.2. The highest BCUT2D eigenvalue weighted by Crippen LogP contribution is 2.19. The van der Waals surface area contributed by atoms with Gasteiger partial charge in [0.05, 0.1) is 13.5 Å². The lowest BCUT2D eigenvalue weighted by Crippen LogP contribution is -2.30. The first-order valence-corrected chi connectivity index (χ1v) is 8.94. The SMILES string of the molecule is COc1ccc(CC(=O)NCc2ccc(N3CCCCC3)nc2)cc1F. The Morgan fingerprint density at radius 2 is 1.96 bits per heavy atom. The number of halogens is 1. The summed E-state index contributed by atoms with van der Waals surface area (Å²) in [6.45, 7) is 2.52. The number of ether oxygens (including phenoxy) is 1. The monoisotopic (exact) mass is 357 g/mol. The zero-order valence-electron chi connectivity index (χ0n) is 15.0. The lowest BCUT2D eigenvalue weighted by atomic mass is 10.1. The highest BCUT2D eigenvalue weighted by molar-refractivity contribution is 5.78. The fourth-order valence-electron chi connectivity index (χ4n) is 3.10. The summed E-state index contributed by atoms with van der Waals surface area (Å²) in [5.41, 5.74) is 1.55. The molecule has 2 aromatic rings. The summed E-state index contributed by atoms with van der Waals surface area (Å²) in [7, 11) is 1.41. The van der Waals surface area contributed by atoms with Gasteiger partial charge in [-0.1, -0.05) is 12.1 Å². The molecule has 0 bridgehead atoms. The molecular weight excluding hydrogens is 333 g/mol. The Morgan fingerprint density at radius 3 is 2.62 bits per heavy atom. The molecule has 6 heteroatoms. The molecule has 1 fully saturated rings. The van der Waals surface area contributed by atoms with Gasteiger partial charge in [-0.15, -0.1) is 0 Å². The van der Waals surface area contributed by atoms with E-state index in [0.29, 0.717) is 12.1 Å². The van der Waals surface area contributed by atoms with E-state index in [4.69, 9.17) is 4.74 Å². The van der Waals surface area contributed by atoms with Crippen LogP contribution in [0.3, 0.4) is 0 Å². The Balaban J connectivity index is 1.50. The molecule has 5 nitrogen and oxygen atoms in total. The fraction of sp³-hybridized carbons (Fsp3) is 0.400. The molecule has 0 atom stereocenters. The fourth-order valence-corrected chi connectivity index (χ4v) is 3.10. The van der Waals surface area contributed by atoms with E-state index in [2.05, 4.69) is 15.2 Å². The maximum absolute atomic E-state index is 13.7. The zero-order valence-corrected chi connectivity index (χ0v) is 15.0. The van der Waals surface area contributed by atoms with Gasteiger partial charge in [-0.3, -0.25) is 4.79 Å². The van der Waals surface area contributed by atoms with E-state index >= 15 is 0 Å². The first-order valence-electron chi connectivity index (χ1n) is 8.94. The molecule has 0 saturated carbocycles. The van der Waals surface area contributed by atoms with Crippen LogP contribution in [0.5, 0.6) is 5.75 Å². The number of methoxy groups -OCH3 is 1. The number of nitrogens with zero attached hydrogens (tertiary/aromatic N) is 2. The van der Waals surface area contributed by atoms with Crippen molar-refractivity contribution in [2.24, 2.45) is 0 Å². The van der Waals surface area contributed by atoms with Crippen LogP contribution < -0.4 is 15.0 Å². The van der Waals surface area contributed by atoms with Gasteiger partial charge >= 0.3 is 0 Å². The third-order valence-electron chi connectivity index (χ3n) is 4.56. The molecule has 1 aromatic heterocycles. The predicted octanol–water partition coefficient (Wildman–Crippen LogP) is 3.08. The highest BCUT2D eigenvalue weighted by atomic mass is 19.1. The summed E-state index contributed by atoms with van der Waals surface area (Å²) < 4.78 is 18.6. The number of piperidine rings is 1. The third-order valence-corrected chi connectivity index (χ3v) is 4.56. The quantitative estimate of drug-likeness (QED) is 0.863. The number of anilines is 1. The minimum atomic E-state index is -0.463. The molecule has 0 unspecified atom stereocenters. The van der Waals surface area contributed by atoms with E-state index in [1.165, 1.54) is 38.5 Å². The standard InChI is InChI=1S/C20H24FN3O2/c1-26-18-7-5-15(11-17(18)21)12-20(25)23-14-16-6-8-19(22-13-16)24-9-3-2-4-10-24/h5-8,11,13H,2-4,9-10,12,14H2,1H3,(H,23,25). The lowest BCUT2D eigenvalue weighted by Gasteiger charge is -2.27. The second-order valence-corrected chi connectivity index (χ2v) is 6.49. The zero-order chi connectivity index (χ0) is 18.4. The Hall–Kier alpha value is -2.63. The van der Waals surface area contributed by atoms with Gasteiger partial charge in [0, 0.05) is 25.8 Å². The molecule has 0 aliphatic carbocycles. The molecule has 1 aliphatic heterocycles. The van der Waals surface area contributed by atoms with Crippen molar-refractivity contribution in [1.82, 2.24) is 10.3 Å². The second kappa shape index (κ2) is 8.65. The number of aromatic nitrogens is 1. The van der Waals surface area contributed by atoms with Crippen LogP contribution >= 0.6 is 0 Å². The Bertz CT molecular complexity index is 743. The number of nitrogens with one attached hydrogen (secondary N) is 1. The number of carbonyl (C=O) groups excluding carboxylic acids is 1. The van der Waals surface area contributed by atoms with Crippen LogP contribution in [0.25, 0.3) is 0 Å². The number of hydrogen-bond acceptors (Lipinski definition) is 4. The topological polar surface area (TPSA) is 54.5 Å². The molecule has 138 valence electrons. The summed E-state index contributed by atoms with van der Waals surface area (Å²) in [6, 6.07) is 8.54. The van der Waals surface area contributed by atoms with Gasteiger partial charge in [-0.25, -0.2) is 9.37 Å². The van der Waals surface area contributed by atoms with E-state index < -0.39 is 5.82 Å². The molecule has 0 spiro atoms. The molecule has 1 aliphatic rings. The van der Waals surface area contributed by atoms with Crippen LogP contribution in [0.1, 0.15) is 30.4 Å². The summed E-state index contributed by atoms with van der Waals surface area (Å²) >= 11 is 0. The number of carbonyl (C=O) groups is 1. The van der Waals surface area contributed by atoms with Gasteiger partial charge in [0.2, 0.25) is 5.91 Å². The van der Waals surface area contributed by atoms with Crippen molar-refractivity contribution >= 4 is 11.7 Å². The lowest BCUT2D eigenvalue weighted by molar-refractivity contribution is -0.120. The first-order chi connectivity index (χ1) is 12.7. The summed E-state index contributed by atoms with van der Waals surface area (Å²) in [6.07, 6.45) is 5.65. The summed E-state index contributed by atoms with van der Waals surface area (Å²) in [5, 5.41) is 2.85. The minimum Gasteiger partial charge on any atom is -0.494 e. The maximum atomic E-state index is 13.7. The maximum Gasteiger partial charge on any atom is 0.224 e. The molecule has 26 heavy (non-hydrogen) atoms. The van der Waals surface area contributed by atoms with E-state index in [9.17, 15) is 9.18 Å². The number of benzene rings is 1. The Kier molecular flexibility index (Phi) is 6.04. The van der Waals surface area contributed by atoms with Crippen LogP contribution in [-0.4, -0.2) is 31.1 Å². The van der Waals surface area contributed by atoms with Crippen LogP contribution in [0.4, 0.5) is 10.2 Å². The smallest absolute Gasteiger partial charge is 0.224 e. The van der Waals surface area contributed by atoms with Crippen LogP contribution in [0.15, 0.2) is 36.5 Å². The van der Waals surface area contributed by atoms with Crippen molar-refractivity contribution in [1.29, 1.82) is 0 Å². The molecular formula is C20H24FN3O2. The summed E-state index contributed by atoms with van der Waals surface area (Å²) in [5.74, 6) is 0.549. The van der Waals surface area contributed by atoms with E-state index in [1.54, 1.807) is 12.3 Å². The van der Waals surface area contributed by atoms with Crippen LogP contribution in [0.2, 0.25) is 0 Å². The molecule has 1 amide bonds. The average molecular weight is 357 g/mol. The molecule has 0 radical (unpaired) electrons. The number of hydrogen-bond donors (Lipinski definition) is 1. The van der Waals surface area contributed by atoms with Gasteiger partial charge in [-0.2, -0.15) is 0 Å². The van der Waals surface area contributed by atoms with Crippen LogP contribution in [-0.2, 0) is 17.8 Å². The van der Waals surface area contributed by atoms with Gasteiger partial charge in [0.1, 0.15) is 5.82 Å². The highest BCUT2D eigenvalue weighted by Gasteiger charge is 2.12.